The van der Waals surface area contributed by atoms with Crippen LogP contribution in [0.25, 0.3) is 0 Å². The molecule has 1 amide bonds. The van der Waals surface area contributed by atoms with Gasteiger partial charge in [0.2, 0.25) is 5.91 Å². The average Bonchev–Trinajstić information content (AvgIpc) is 2.48. The van der Waals surface area contributed by atoms with Crippen molar-refractivity contribution in [2.45, 2.75) is 51.2 Å². The predicted molar refractivity (Wildman–Crippen MR) is 63.1 cm³/mol. The van der Waals surface area contributed by atoms with Gasteiger partial charge < -0.3 is 10.6 Å². The highest BCUT2D eigenvalue weighted by molar-refractivity contribution is 5.78. The highest BCUT2D eigenvalue weighted by atomic mass is 19.4. The molecule has 2 N–H and O–H groups in total. The van der Waals surface area contributed by atoms with E-state index in [1.807, 2.05) is 5.32 Å². The standard InChI is InChI=1S/C12H21F3N2O/c1-9-3-2-4-10(6-5-9)16-7-11(18)17-8-12(13,14)15/h9-10,16H,2-8H2,1H3,(H,17,18). The first kappa shape index (κ1) is 15.3. The van der Waals surface area contributed by atoms with Crippen molar-refractivity contribution in [3.63, 3.8) is 0 Å². The zero-order valence-electron chi connectivity index (χ0n) is 10.6. The third-order valence-corrected chi connectivity index (χ3v) is 3.29. The van der Waals surface area contributed by atoms with Crippen molar-refractivity contribution in [1.82, 2.24) is 10.6 Å². The minimum Gasteiger partial charge on any atom is -0.346 e. The maximum atomic E-state index is 11.9. The number of hydrogen-bond acceptors (Lipinski definition) is 2. The molecule has 6 heteroatoms. The highest BCUT2D eigenvalue weighted by Crippen LogP contribution is 2.22. The molecule has 0 radical (unpaired) electrons. The van der Waals surface area contributed by atoms with Gasteiger partial charge in [0.15, 0.2) is 0 Å². The Kier molecular flexibility index (Phi) is 5.91. The quantitative estimate of drug-likeness (QED) is 0.766. The van der Waals surface area contributed by atoms with Crippen LogP contribution < -0.4 is 10.6 Å². The van der Waals surface area contributed by atoms with Crippen molar-refractivity contribution in [1.29, 1.82) is 0 Å². The lowest BCUT2D eigenvalue weighted by Crippen LogP contribution is -2.42. The van der Waals surface area contributed by atoms with Gasteiger partial charge in [-0.25, -0.2) is 0 Å². The Morgan fingerprint density at radius 1 is 1.22 bits per heavy atom. The number of alkyl halides is 3. The van der Waals surface area contributed by atoms with E-state index >= 15 is 0 Å². The Bertz CT molecular complexity index is 269. The molecule has 0 aromatic heterocycles. The Morgan fingerprint density at radius 2 is 1.94 bits per heavy atom. The number of nitrogens with one attached hydrogen (secondary N) is 2. The van der Waals surface area contributed by atoms with Crippen molar-refractivity contribution in [3.8, 4) is 0 Å². The molecule has 0 spiro atoms. The number of carbonyl (C=O) groups is 1. The molecule has 2 unspecified atom stereocenters. The van der Waals surface area contributed by atoms with Gasteiger partial charge in [0, 0.05) is 6.04 Å². The summed E-state index contributed by atoms with van der Waals surface area (Å²) in [5, 5.41) is 4.90. The minimum atomic E-state index is -4.34. The van der Waals surface area contributed by atoms with E-state index in [2.05, 4.69) is 12.2 Å². The lowest BCUT2D eigenvalue weighted by atomic mass is 10.0. The molecule has 18 heavy (non-hydrogen) atoms. The Labute approximate surface area is 106 Å². The molecule has 0 bridgehead atoms. The summed E-state index contributed by atoms with van der Waals surface area (Å²) in [5.41, 5.74) is 0. The van der Waals surface area contributed by atoms with Crippen LogP contribution in [0.15, 0.2) is 0 Å². The summed E-state index contributed by atoms with van der Waals surface area (Å²) in [6, 6.07) is 0.256. The number of halogens is 3. The third-order valence-electron chi connectivity index (χ3n) is 3.29. The largest absolute Gasteiger partial charge is 0.405 e. The van der Waals surface area contributed by atoms with Crippen LogP contribution in [0.2, 0.25) is 0 Å². The van der Waals surface area contributed by atoms with E-state index in [9.17, 15) is 18.0 Å². The molecule has 0 aliphatic heterocycles. The summed E-state index contributed by atoms with van der Waals surface area (Å²) in [5.74, 6) is 0.112. The molecule has 2 atom stereocenters. The van der Waals surface area contributed by atoms with Crippen LogP contribution in [0, 0.1) is 5.92 Å². The fourth-order valence-corrected chi connectivity index (χ4v) is 2.19. The Balaban J connectivity index is 2.17. The molecule has 0 saturated heterocycles. The van der Waals surface area contributed by atoms with Crippen LogP contribution in [-0.2, 0) is 4.79 Å². The molecular formula is C12H21F3N2O. The topological polar surface area (TPSA) is 41.1 Å². The molecule has 106 valence electrons. The second-order valence-corrected chi connectivity index (χ2v) is 5.08. The molecule has 0 aromatic carbocycles. The first-order valence-electron chi connectivity index (χ1n) is 6.43. The molecule has 0 aromatic rings. The van der Waals surface area contributed by atoms with Gasteiger partial charge in [0.25, 0.3) is 0 Å². The normalized spacial score (nSPS) is 25.6. The summed E-state index contributed by atoms with van der Waals surface area (Å²) in [7, 11) is 0. The maximum Gasteiger partial charge on any atom is 0.405 e. The van der Waals surface area contributed by atoms with E-state index in [1.54, 1.807) is 0 Å². The summed E-state index contributed by atoms with van der Waals surface area (Å²) >= 11 is 0. The van der Waals surface area contributed by atoms with Gasteiger partial charge in [-0.2, -0.15) is 13.2 Å². The lowest BCUT2D eigenvalue weighted by Gasteiger charge is -2.16. The second kappa shape index (κ2) is 6.97. The van der Waals surface area contributed by atoms with Gasteiger partial charge in [-0.1, -0.05) is 19.8 Å². The first-order chi connectivity index (χ1) is 8.37. The number of hydrogen-bond donors (Lipinski definition) is 2. The molecule has 3 nitrogen and oxygen atoms in total. The van der Waals surface area contributed by atoms with Crippen LogP contribution >= 0.6 is 0 Å². The van der Waals surface area contributed by atoms with Crippen LogP contribution in [0.5, 0.6) is 0 Å². The van der Waals surface area contributed by atoms with E-state index < -0.39 is 18.6 Å². The van der Waals surface area contributed by atoms with Crippen LogP contribution in [-0.4, -0.2) is 31.2 Å². The molecule has 1 aliphatic carbocycles. The van der Waals surface area contributed by atoms with Crippen LogP contribution in [0.1, 0.15) is 39.0 Å². The van der Waals surface area contributed by atoms with Crippen molar-refractivity contribution >= 4 is 5.91 Å². The number of rotatable bonds is 4. The Morgan fingerprint density at radius 3 is 2.61 bits per heavy atom. The highest BCUT2D eigenvalue weighted by Gasteiger charge is 2.27. The van der Waals surface area contributed by atoms with Gasteiger partial charge in [-0.15, -0.1) is 0 Å². The fraction of sp³-hybridized carbons (Fsp3) is 0.917. The minimum absolute atomic E-state index is 0.0326. The van der Waals surface area contributed by atoms with Crippen molar-refractivity contribution < 1.29 is 18.0 Å². The van der Waals surface area contributed by atoms with Crippen LogP contribution in [0.4, 0.5) is 13.2 Å². The fourth-order valence-electron chi connectivity index (χ4n) is 2.19. The van der Waals surface area contributed by atoms with Gasteiger partial charge in [-0.3, -0.25) is 4.79 Å². The van der Waals surface area contributed by atoms with Crippen molar-refractivity contribution in [2.24, 2.45) is 5.92 Å². The lowest BCUT2D eigenvalue weighted by molar-refractivity contribution is -0.137. The average molecular weight is 266 g/mol. The molecule has 0 heterocycles. The van der Waals surface area contributed by atoms with Gasteiger partial charge in [0.1, 0.15) is 6.54 Å². The van der Waals surface area contributed by atoms with Gasteiger partial charge in [0.05, 0.1) is 6.54 Å². The zero-order valence-corrected chi connectivity index (χ0v) is 10.6. The number of carbonyl (C=O) groups excluding carboxylic acids is 1. The van der Waals surface area contributed by atoms with E-state index in [4.69, 9.17) is 0 Å². The summed E-state index contributed by atoms with van der Waals surface area (Å²) < 4.78 is 35.6. The molecule has 1 fully saturated rings. The maximum absolute atomic E-state index is 11.9. The first-order valence-corrected chi connectivity index (χ1v) is 6.43. The number of amides is 1. The molecule has 1 rings (SSSR count). The van der Waals surface area contributed by atoms with Crippen molar-refractivity contribution in [3.05, 3.63) is 0 Å². The SMILES string of the molecule is CC1CCCC(NCC(=O)NCC(F)(F)F)CC1. The van der Waals surface area contributed by atoms with Crippen molar-refractivity contribution in [2.75, 3.05) is 13.1 Å². The smallest absolute Gasteiger partial charge is 0.346 e. The molecule has 1 saturated carbocycles. The predicted octanol–water partition coefficient (Wildman–Crippen LogP) is 2.22. The Hall–Kier alpha value is -0.780. The third kappa shape index (κ3) is 6.83. The van der Waals surface area contributed by atoms with E-state index in [-0.39, 0.29) is 12.6 Å². The summed E-state index contributed by atoms with van der Waals surface area (Å²) in [4.78, 5) is 11.2. The van der Waals surface area contributed by atoms with E-state index in [1.165, 1.54) is 6.42 Å². The van der Waals surface area contributed by atoms with E-state index in [0.29, 0.717) is 5.92 Å². The van der Waals surface area contributed by atoms with E-state index in [0.717, 1.165) is 25.7 Å². The molecular weight excluding hydrogens is 245 g/mol. The summed E-state index contributed by atoms with van der Waals surface area (Å²) in [6.45, 7) is 0.919. The van der Waals surface area contributed by atoms with Crippen LogP contribution in [0.3, 0.4) is 0 Å². The zero-order chi connectivity index (χ0) is 13.6. The molecule has 1 aliphatic rings. The van der Waals surface area contributed by atoms with Gasteiger partial charge in [-0.05, 0) is 25.2 Å². The second-order valence-electron chi connectivity index (χ2n) is 5.08. The monoisotopic (exact) mass is 266 g/mol. The van der Waals surface area contributed by atoms with Gasteiger partial charge >= 0.3 is 6.18 Å². The summed E-state index contributed by atoms with van der Waals surface area (Å²) in [6.07, 6.45) is 1.07.